The highest BCUT2D eigenvalue weighted by atomic mass is 16.5. The molecule has 1 aliphatic rings. The van der Waals surface area contributed by atoms with Crippen molar-refractivity contribution in [3.8, 4) is 0 Å². The molecule has 7 nitrogen and oxygen atoms in total. The number of aromatic nitrogens is 3. The second-order valence-electron chi connectivity index (χ2n) is 4.67. The number of hydrogen-bond donors (Lipinski definition) is 1. The van der Waals surface area contributed by atoms with Gasteiger partial charge in [-0.3, -0.25) is 0 Å². The zero-order valence-corrected chi connectivity index (χ0v) is 11.0. The number of methoxy groups -OCH3 is 1. The first-order valence-electron chi connectivity index (χ1n) is 6.44. The van der Waals surface area contributed by atoms with Crippen LogP contribution in [0.5, 0.6) is 0 Å². The summed E-state index contributed by atoms with van der Waals surface area (Å²) < 4.78 is 12.0. The normalized spacial score (nSPS) is 16.7. The minimum atomic E-state index is -1.04. The first-order valence-corrected chi connectivity index (χ1v) is 6.44. The van der Waals surface area contributed by atoms with Gasteiger partial charge in [0.05, 0.1) is 12.3 Å². The number of hydrogen-bond acceptors (Lipinski definition) is 5. The standard InChI is InChI=1S/C12H19N3O4/c1-18-5-4-10-11(12(16)17)13-14-15(10)8-9-2-6-19-7-3-9/h9H,2-8H2,1H3,(H,16,17). The Morgan fingerprint density at radius 1 is 1.53 bits per heavy atom. The molecule has 0 spiro atoms. The lowest BCUT2D eigenvalue weighted by Crippen LogP contribution is -2.22. The number of nitrogens with zero attached hydrogens (tertiary/aromatic N) is 3. The van der Waals surface area contributed by atoms with E-state index in [1.165, 1.54) is 0 Å². The predicted molar refractivity (Wildman–Crippen MR) is 66.1 cm³/mol. The molecule has 1 fully saturated rings. The third-order valence-electron chi connectivity index (χ3n) is 3.36. The molecular formula is C12H19N3O4. The van der Waals surface area contributed by atoms with Crippen molar-refractivity contribution < 1.29 is 19.4 Å². The van der Waals surface area contributed by atoms with Gasteiger partial charge >= 0.3 is 5.97 Å². The van der Waals surface area contributed by atoms with E-state index >= 15 is 0 Å². The third-order valence-corrected chi connectivity index (χ3v) is 3.36. The molecule has 7 heteroatoms. The minimum Gasteiger partial charge on any atom is -0.476 e. The van der Waals surface area contributed by atoms with E-state index in [0.717, 1.165) is 26.1 Å². The van der Waals surface area contributed by atoms with Gasteiger partial charge in [0.15, 0.2) is 5.69 Å². The highest BCUT2D eigenvalue weighted by Gasteiger charge is 2.22. The highest BCUT2D eigenvalue weighted by Crippen LogP contribution is 2.18. The lowest BCUT2D eigenvalue weighted by molar-refractivity contribution is 0.0594. The number of carboxylic acid groups (broad SMARTS) is 1. The van der Waals surface area contributed by atoms with E-state index in [4.69, 9.17) is 14.6 Å². The molecular weight excluding hydrogens is 250 g/mol. The van der Waals surface area contributed by atoms with Crippen molar-refractivity contribution in [3.63, 3.8) is 0 Å². The molecule has 1 aromatic heterocycles. The van der Waals surface area contributed by atoms with Crippen molar-refractivity contribution >= 4 is 5.97 Å². The third kappa shape index (κ3) is 3.51. The molecule has 106 valence electrons. The van der Waals surface area contributed by atoms with Gasteiger partial charge in [0.25, 0.3) is 0 Å². The maximum Gasteiger partial charge on any atom is 0.358 e. The number of rotatable bonds is 6. The molecule has 1 aromatic rings. The summed E-state index contributed by atoms with van der Waals surface area (Å²) in [5.74, 6) is -0.567. The van der Waals surface area contributed by atoms with Crippen LogP contribution in [-0.2, 0) is 22.4 Å². The molecule has 2 rings (SSSR count). The minimum absolute atomic E-state index is 0.0316. The van der Waals surface area contributed by atoms with Gasteiger partial charge in [0, 0.05) is 33.3 Å². The first-order chi connectivity index (χ1) is 9.22. The molecule has 0 aliphatic carbocycles. The Kier molecular flexibility index (Phi) is 4.86. The Labute approximate surface area is 111 Å². The summed E-state index contributed by atoms with van der Waals surface area (Å²) in [5, 5.41) is 16.8. The number of ether oxygens (including phenoxy) is 2. The predicted octanol–water partition coefficient (Wildman–Crippen LogP) is 0.592. The summed E-state index contributed by atoms with van der Waals surface area (Å²) in [6.07, 6.45) is 2.46. The molecule has 1 aliphatic heterocycles. The molecule has 2 heterocycles. The molecule has 0 bridgehead atoms. The van der Waals surface area contributed by atoms with Crippen LogP contribution < -0.4 is 0 Å². The zero-order valence-electron chi connectivity index (χ0n) is 11.0. The Bertz CT molecular complexity index is 427. The maximum absolute atomic E-state index is 11.1. The lowest BCUT2D eigenvalue weighted by atomic mass is 10.0. The fraction of sp³-hybridized carbons (Fsp3) is 0.750. The van der Waals surface area contributed by atoms with Gasteiger partial charge < -0.3 is 14.6 Å². The molecule has 0 atom stereocenters. The average Bonchev–Trinajstić information content (AvgIpc) is 2.80. The fourth-order valence-electron chi connectivity index (χ4n) is 2.27. The lowest BCUT2D eigenvalue weighted by Gasteiger charge is -2.22. The van der Waals surface area contributed by atoms with Crippen LogP contribution in [0.1, 0.15) is 29.0 Å². The summed E-state index contributed by atoms with van der Waals surface area (Å²) in [4.78, 5) is 11.1. The summed E-state index contributed by atoms with van der Waals surface area (Å²) in [6.45, 7) is 2.68. The van der Waals surface area contributed by atoms with Gasteiger partial charge in [0.2, 0.25) is 0 Å². The first kappa shape index (κ1) is 14.0. The van der Waals surface area contributed by atoms with Gasteiger partial charge in [-0.2, -0.15) is 0 Å². The van der Waals surface area contributed by atoms with Gasteiger partial charge in [-0.1, -0.05) is 5.21 Å². The molecule has 19 heavy (non-hydrogen) atoms. The number of carbonyl (C=O) groups is 1. The summed E-state index contributed by atoms with van der Waals surface area (Å²) in [6, 6.07) is 0. The number of carboxylic acids is 1. The van der Waals surface area contributed by atoms with Crippen molar-refractivity contribution in [1.82, 2.24) is 15.0 Å². The molecule has 1 saturated heterocycles. The Morgan fingerprint density at radius 3 is 2.89 bits per heavy atom. The summed E-state index contributed by atoms with van der Waals surface area (Å²) in [5.41, 5.74) is 0.671. The Hall–Kier alpha value is -1.47. The smallest absolute Gasteiger partial charge is 0.358 e. The van der Waals surface area contributed by atoms with Gasteiger partial charge in [-0.05, 0) is 18.8 Å². The van der Waals surface area contributed by atoms with E-state index in [0.29, 0.717) is 31.2 Å². The molecule has 0 saturated carbocycles. The maximum atomic E-state index is 11.1. The largest absolute Gasteiger partial charge is 0.476 e. The molecule has 0 amide bonds. The Morgan fingerprint density at radius 2 is 2.26 bits per heavy atom. The molecule has 0 unspecified atom stereocenters. The van der Waals surface area contributed by atoms with Crippen LogP contribution in [0.3, 0.4) is 0 Å². The monoisotopic (exact) mass is 269 g/mol. The summed E-state index contributed by atoms with van der Waals surface area (Å²) in [7, 11) is 1.59. The van der Waals surface area contributed by atoms with Crippen molar-refractivity contribution in [2.24, 2.45) is 5.92 Å². The van der Waals surface area contributed by atoms with Crippen LogP contribution in [0.15, 0.2) is 0 Å². The van der Waals surface area contributed by atoms with Crippen molar-refractivity contribution in [2.75, 3.05) is 26.9 Å². The van der Waals surface area contributed by atoms with Crippen molar-refractivity contribution in [3.05, 3.63) is 11.4 Å². The zero-order chi connectivity index (χ0) is 13.7. The molecule has 1 N–H and O–H groups in total. The fourth-order valence-corrected chi connectivity index (χ4v) is 2.27. The van der Waals surface area contributed by atoms with Crippen LogP contribution in [0.4, 0.5) is 0 Å². The average molecular weight is 269 g/mol. The second-order valence-corrected chi connectivity index (χ2v) is 4.67. The number of aromatic carboxylic acids is 1. The highest BCUT2D eigenvalue weighted by molar-refractivity contribution is 5.86. The van der Waals surface area contributed by atoms with E-state index in [9.17, 15) is 4.79 Å². The van der Waals surface area contributed by atoms with Crippen LogP contribution >= 0.6 is 0 Å². The van der Waals surface area contributed by atoms with Crippen LogP contribution in [0, 0.1) is 5.92 Å². The van der Waals surface area contributed by atoms with E-state index < -0.39 is 5.97 Å². The Balaban J connectivity index is 2.11. The van der Waals surface area contributed by atoms with E-state index in [1.807, 2.05) is 0 Å². The SMILES string of the molecule is COCCc1c(C(=O)O)nnn1CC1CCOCC1. The van der Waals surface area contributed by atoms with Crippen molar-refractivity contribution in [2.45, 2.75) is 25.8 Å². The molecule has 0 aromatic carbocycles. The van der Waals surface area contributed by atoms with E-state index in [2.05, 4.69) is 10.3 Å². The van der Waals surface area contributed by atoms with Crippen LogP contribution in [-0.4, -0.2) is 53.0 Å². The van der Waals surface area contributed by atoms with E-state index in [1.54, 1.807) is 11.8 Å². The quantitative estimate of drug-likeness (QED) is 0.813. The van der Waals surface area contributed by atoms with Crippen molar-refractivity contribution in [1.29, 1.82) is 0 Å². The van der Waals surface area contributed by atoms with Gasteiger partial charge in [-0.15, -0.1) is 5.10 Å². The topological polar surface area (TPSA) is 86.5 Å². The molecule has 0 radical (unpaired) electrons. The van der Waals surface area contributed by atoms with Crippen LogP contribution in [0.2, 0.25) is 0 Å². The second kappa shape index (κ2) is 6.63. The van der Waals surface area contributed by atoms with Gasteiger partial charge in [0.1, 0.15) is 0 Å². The summed E-state index contributed by atoms with van der Waals surface area (Å²) >= 11 is 0. The van der Waals surface area contributed by atoms with Gasteiger partial charge in [-0.25, -0.2) is 9.48 Å². The van der Waals surface area contributed by atoms with E-state index in [-0.39, 0.29) is 5.69 Å². The van der Waals surface area contributed by atoms with Crippen LogP contribution in [0.25, 0.3) is 0 Å².